The summed E-state index contributed by atoms with van der Waals surface area (Å²) in [5.41, 5.74) is 5.87. The fraction of sp³-hybridized carbons (Fsp3) is 0.417. The smallest absolute Gasteiger partial charge is 0.255 e. The lowest BCUT2D eigenvalue weighted by Gasteiger charge is -2.19. The normalized spacial score (nSPS) is 11.1. The van der Waals surface area contributed by atoms with Gasteiger partial charge < -0.3 is 15.8 Å². The molecule has 0 aliphatic heterocycles. The monoisotopic (exact) mass is 300 g/mol. The Morgan fingerprint density at radius 2 is 2.18 bits per heavy atom. The zero-order valence-corrected chi connectivity index (χ0v) is 11.8. The Morgan fingerprint density at radius 3 is 2.71 bits per heavy atom. The summed E-state index contributed by atoms with van der Waals surface area (Å²) < 4.78 is 6.02. The predicted octanol–water partition coefficient (Wildman–Crippen LogP) is 1.92. The Balaban J connectivity index is 2.82. The number of amides is 1. The number of halogens is 1. The number of benzene rings is 1. The van der Waals surface area contributed by atoms with Gasteiger partial charge >= 0.3 is 0 Å². The second-order valence-corrected chi connectivity index (χ2v) is 5.43. The number of hydrogen-bond donors (Lipinski definition) is 2. The molecule has 0 spiro atoms. The quantitative estimate of drug-likeness (QED) is 0.893. The van der Waals surface area contributed by atoms with Crippen LogP contribution in [0.2, 0.25) is 0 Å². The SMILES string of the molecule is COc1cc(Br)ccc1C(=O)NCC(C)(C)N. The van der Waals surface area contributed by atoms with Gasteiger partial charge in [0.05, 0.1) is 12.7 Å². The molecular weight excluding hydrogens is 284 g/mol. The molecule has 0 aliphatic rings. The molecule has 4 nitrogen and oxygen atoms in total. The van der Waals surface area contributed by atoms with E-state index >= 15 is 0 Å². The van der Waals surface area contributed by atoms with Crippen LogP contribution in [0.15, 0.2) is 22.7 Å². The summed E-state index contributed by atoms with van der Waals surface area (Å²) in [7, 11) is 1.53. The van der Waals surface area contributed by atoms with Gasteiger partial charge in [0.2, 0.25) is 0 Å². The van der Waals surface area contributed by atoms with E-state index in [9.17, 15) is 4.79 Å². The second kappa shape index (κ2) is 5.51. The number of carbonyl (C=O) groups excluding carboxylic acids is 1. The molecule has 0 aromatic heterocycles. The molecule has 1 amide bonds. The Kier molecular flexibility index (Phi) is 4.54. The predicted molar refractivity (Wildman–Crippen MR) is 71.3 cm³/mol. The van der Waals surface area contributed by atoms with Crippen LogP contribution in [-0.2, 0) is 0 Å². The van der Waals surface area contributed by atoms with Crippen LogP contribution in [0.1, 0.15) is 24.2 Å². The van der Waals surface area contributed by atoms with E-state index in [2.05, 4.69) is 21.2 Å². The summed E-state index contributed by atoms with van der Waals surface area (Å²) >= 11 is 3.33. The average molecular weight is 301 g/mol. The third kappa shape index (κ3) is 4.36. The molecule has 1 aromatic rings. The standard InChI is InChI=1S/C12H17BrN2O2/c1-12(2,14)7-15-11(16)9-5-4-8(13)6-10(9)17-3/h4-6H,7,14H2,1-3H3,(H,15,16). The van der Waals surface area contributed by atoms with Gasteiger partial charge in [0, 0.05) is 16.6 Å². The van der Waals surface area contributed by atoms with Gasteiger partial charge in [-0.1, -0.05) is 15.9 Å². The van der Waals surface area contributed by atoms with E-state index < -0.39 is 5.54 Å². The van der Waals surface area contributed by atoms with Gasteiger partial charge in [0.25, 0.3) is 5.91 Å². The highest BCUT2D eigenvalue weighted by Crippen LogP contribution is 2.23. The summed E-state index contributed by atoms with van der Waals surface area (Å²) in [4.78, 5) is 11.9. The van der Waals surface area contributed by atoms with Crippen molar-refractivity contribution in [2.75, 3.05) is 13.7 Å². The number of rotatable bonds is 4. The molecule has 0 bridgehead atoms. The van der Waals surface area contributed by atoms with Crippen molar-refractivity contribution in [3.8, 4) is 5.75 Å². The van der Waals surface area contributed by atoms with Crippen molar-refractivity contribution in [2.24, 2.45) is 5.73 Å². The van der Waals surface area contributed by atoms with Crippen LogP contribution in [-0.4, -0.2) is 25.1 Å². The largest absolute Gasteiger partial charge is 0.496 e. The maximum absolute atomic E-state index is 11.9. The number of carbonyl (C=O) groups is 1. The molecular formula is C12H17BrN2O2. The highest BCUT2D eigenvalue weighted by molar-refractivity contribution is 9.10. The summed E-state index contributed by atoms with van der Waals surface area (Å²) in [5, 5.41) is 2.77. The lowest BCUT2D eigenvalue weighted by Crippen LogP contribution is -2.45. The topological polar surface area (TPSA) is 64.3 Å². The highest BCUT2D eigenvalue weighted by Gasteiger charge is 2.16. The first-order chi connectivity index (χ1) is 7.83. The number of nitrogens with one attached hydrogen (secondary N) is 1. The summed E-state index contributed by atoms with van der Waals surface area (Å²) in [6.07, 6.45) is 0. The minimum absolute atomic E-state index is 0.187. The van der Waals surface area contributed by atoms with E-state index in [-0.39, 0.29) is 5.91 Å². The van der Waals surface area contributed by atoms with E-state index in [4.69, 9.17) is 10.5 Å². The minimum Gasteiger partial charge on any atom is -0.496 e. The van der Waals surface area contributed by atoms with Gasteiger partial charge in [-0.3, -0.25) is 4.79 Å². The van der Waals surface area contributed by atoms with E-state index in [1.807, 2.05) is 13.8 Å². The Labute approximate surface area is 110 Å². The van der Waals surface area contributed by atoms with Crippen molar-refractivity contribution in [1.29, 1.82) is 0 Å². The van der Waals surface area contributed by atoms with E-state index in [1.165, 1.54) is 7.11 Å². The highest BCUT2D eigenvalue weighted by atomic mass is 79.9. The first-order valence-electron chi connectivity index (χ1n) is 5.24. The molecule has 0 unspecified atom stereocenters. The van der Waals surface area contributed by atoms with Crippen LogP contribution in [0, 0.1) is 0 Å². The van der Waals surface area contributed by atoms with E-state index in [0.29, 0.717) is 17.9 Å². The summed E-state index contributed by atoms with van der Waals surface area (Å²) in [5.74, 6) is 0.347. The maximum atomic E-state index is 11.9. The number of hydrogen-bond acceptors (Lipinski definition) is 3. The Morgan fingerprint density at radius 1 is 1.53 bits per heavy atom. The lowest BCUT2D eigenvalue weighted by molar-refractivity contribution is 0.0943. The van der Waals surface area contributed by atoms with Gasteiger partial charge in [-0.2, -0.15) is 0 Å². The molecule has 5 heteroatoms. The Hall–Kier alpha value is -1.07. The van der Waals surface area contributed by atoms with Crippen molar-refractivity contribution >= 4 is 21.8 Å². The number of nitrogens with two attached hydrogens (primary N) is 1. The molecule has 3 N–H and O–H groups in total. The first-order valence-corrected chi connectivity index (χ1v) is 6.03. The molecule has 0 heterocycles. The zero-order chi connectivity index (χ0) is 13.1. The van der Waals surface area contributed by atoms with Gasteiger partial charge in [0.15, 0.2) is 0 Å². The van der Waals surface area contributed by atoms with E-state index in [1.54, 1.807) is 18.2 Å². The Bertz CT molecular complexity index is 413. The third-order valence-corrected chi connectivity index (χ3v) is 2.61. The molecule has 17 heavy (non-hydrogen) atoms. The molecule has 0 radical (unpaired) electrons. The summed E-state index contributed by atoms with van der Waals surface area (Å²) in [6, 6.07) is 5.26. The van der Waals surface area contributed by atoms with Crippen LogP contribution >= 0.6 is 15.9 Å². The third-order valence-electron chi connectivity index (χ3n) is 2.11. The molecule has 0 saturated heterocycles. The lowest BCUT2D eigenvalue weighted by atomic mass is 10.1. The zero-order valence-electron chi connectivity index (χ0n) is 10.2. The molecule has 0 atom stereocenters. The van der Waals surface area contributed by atoms with Crippen LogP contribution < -0.4 is 15.8 Å². The van der Waals surface area contributed by atoms with Crippen LogP contribution in [0.25, 0.3) is 0 Å². The first kappa shape index (κ1) is 14.0. The van der Waals surface area contributed by atoms with Crippen LogP contribution in [0.3, 0.4) is 0 Å². The number of ether oxygens (including phenoxy) is 1. The minimum atomic E-state index is -0.432. The van der Waals surface area contributed by atoms with Crippen molar-refractivity contribution in [2.45, 2.75) is 19.4 Å². The molecule has 0 saturated carbocycles. The van der Waals surface area contributed by atoms with E-state index in [0.717, 1.165) is 4.47 Å². The maximum Gasteiger partial charge on any atom is 0.255 e. The molecule has 1 aromatic carbocycles. The fourth-order valence-corrected chi connectivity index (χ4v) is 1.60. The van der Waals surface area contributed by atoms with Crippen molar-refractivity contribution < 1.29 is 9.53 Å². The summed E-state index contributed by atoms with van der Waals surface area (Å²) in [6.45, 7) is 4.11. The second-order valence-electron chi connectivity index (χ2n) is 4.52. The molecule has 1 rings (SSSR count). The number of methoxy groups -OCH3 is 1. The van der Waals surface area contributed by atoms with Crippen LogP contribution in [0.5, 0.6) is 5.75 Å². The van der Waals surface area contributed by atoms with Crippen molar-refractivity contribution in [3.63, 3.8) is 0 Å². The van der Waals surface area contributed by atoms with Gasteiger partial charge in [-0.25, -0.2) is 0 Å². The molecule has 0 aliphatic carbocycles. The molecule has 0 fully saturated rings. The average Bonchev–Trinajstić information content (AvgIpc) is 2.24. The molecule has 94 valence electrons. The van der Waals surface area contributed by atoms with Crippen LogP contribution in [0.4, 0.5) is 0 Å². The van der Waals surface area contributed by atoms with Crippen molar-refractivity contribution in [1.82, 2.24) is 5.32 Å². The fourth-order valence-electron chi connectivity index (χ4n) is 1.26. The van der Waals surface area contributed by atoms with Gasteiger partial charge in [-0.15, -0.1) is 0 Å². The van der Waals surface area contributed by atoms with Crippen molar-refractivity contribution in [3.05, 3.63) is 28.2 Å². The van der Waals surface area contributed by atoms with Gasteiger partial charge in [-0.05, 0) is 32.0 Å². The van der Waals surface area contributed by atoms with Gasteiger partial charge in [0.1, 0.15) is 5.75 Å².